The molecule has 0 aliphatic carbocycles. The first kappa shape index (κ1) is 22.1. The standard InChI is InChI=1S/C29H30N4O/c1-22-30-16-19-33(22)21-25-10-5-6-12-27(25)29(34)32-17-14-24(15-18-32)28-13-7-11-26(31-28)20-23-8-3-2-4-9-23/h2-13,16,19,24H,14-15,17-18,20-21H2,1H3. The van der Waals surface area contributed by atoms with Gasteiger partial charge in [-0.2, -0.15) is 0 Å². The van der Waals surface area contributed by atoms with Gasteiger partial charge in [0.05, 0.1) is 0 Å². The van der Waals surface area contributed by atoms with Crippen LogP contribution in [-0.2, 0) is 13.0 Å². The van der Waals surface area contributed by atoms with Gasteiger partial charge in [-0.3, -0.25) is 9.78 Å². The topological polar surface area (TPSA) is 51.0 Å². The molecule has 5 rings (SSSR count). The largest absolute Gasteiger partial charge is 0.339 e. The van der Waals surface area contributed by atoms with E-state index in [9.17, 15) is 4.79 Å². The van der Waals surface area contributed by atoms with Gasteiger partial charge in [0.15, 0.2) is 0 Å². The Balaban J connectivity index is 1.24. The Morgan fingerprint density at radius 3 is 2.47 bits per heavy atom. The van der Waals surface area contributed by atoms with Crippen LogP contribution in [-0.4, -0.2) is 38.4 Å². The summed E-state index contributed by atoms with van der Waals surface area (Å²) in [6.07, 6.45) is 6.49. The second-order valence-electron chi connectivity index (χ2n) is 9.04. The number of aromatic nitrogens is 3. The fourth-order valence-corrected chi connectivity index (χ4v) is 4.80. The van der Waals surface area contributed by atoms with Gasteiger partial charge in [0, 0.05) is 61.3 Å². The van der Waals surface area contributed by atoms with Crippen molar-refractivity contribution in [3.05, 3.63) is 119 Å². The summed E-state index contributed by atoms with van der Waals surface area (Å²) in [5.74, 6) is 1.46. The average molecular weight is 451 g/mol. The monoisotopic (exact) mass is 450 g/mol. The number of likely N-dealkylation sites (tertiary alicyclic amines) is 1. The molecule has 1 amide bonds. The molecule has 172 valence electrons. The highest BCUT2D eigenvalue weighted by atomic mass is 16.2. The summed E-state index contributed by atoms with van der Waals surface area (Å²) in [7, 11) is 0. The zero-order valence-electron chi connectivity index (χ0n) is 19.6. The van der Waals surface area contributed by atoms with E-state index in [0.29, 0.717) is 12.5 Å². The van der Waals surface area contributed by atoms with E-state index < -0.39 is 0 Å². The summed E-state index contributed by atoms with van der Waals surface area (Å²) in [5, 5.41) is 0. The van der Waals surface area contributed by atoms with Crippen molar-refractivity contribution in [3.63, 3.8) is 0 Å². The summed E-state index contributed by atoms with van der Waals surface area (Å²) in [6.45, 7) is 4.15. The summed E-state index contributed by atoms with van der Waals surface area (Å²) >= 11 is 0. The predicted molar refractivity (Wildman–Crippen MR) is 134 cm³/mol. The molecule has 1 aliphatic rings. The molecule has 3 heterocycles. The molecule has 5 heteroatoms. The number of benzene rings is 2. The molecule has 1 saturated heterocycles. The van der Waals surface area contributed by atoms with E-state index in [4.69, 9.17) is 4.98 Å². The molecular weight excluding hydrogens is 420 g/mol. The maximum atomic E-state index is 13.4. The summed E-state index contributed by atoms with van der Waals surface area (Å²) in [5.41, 5.74) is 5.35. The zero-order valence-corrected chi connectivity index (χ0v) is 19.6. The molecule has 0 N–H and O–H groups in total. The molecule has 5 nitrogen and oxygen atoms in total. The Bertz CT molecular complexity index is 1260. The SMILES string of the molecule is Cc1nccn1Cc1ccccc1C(=O)N1CCC(c2cccc(Cc3ccccc3)n2)CC1. The number of imidazole rings is 1. The van der Waals surface area contributed by atoms with Crippen LogP contribution in [0.15, 0.2) is 85.2 Å². The Hall–Kier alpha value is -3.73. The van der Waals surface area contributed by atoms with Gasteiger partial charge in [-0.15, -0.1) is 0 Å². The second kappa shape index (κ2) is 10.0. The van der Waals surface area contributed by atoms with E-state index in [1.165, 1.54) is 5.56 Å². The zero-order chi connectivity index (χ0) is 23.3. The molecule has 34 heavy (non-hydrogen) atoms. The van der Waals surface area contributed by atoms with Crippen LogP contribution in [0, 0.1) is 6.92 Å². The minimum absolute atomic E-state index is 0.123. The van der Waals surface area contributed by atoms with Gasteiger partial charge in [0.25, 0.3) is 5.91 Å². The van der Waals surface area contributed by atoms with Gasteiger partial charge in [-0.1, -0.05) is 54.6 Å². The number of carbonyl (C=O) groups excluding carboxylic acids is 1. The quantitative estimate of drug-likeness (QED) is 0.403. The summed E-state index contributed by atoms with van der Waals surface area (Å²) in [6, 6.07) is 24.8. The number of amides is 1. The number of piperidine rings is 1. The Kier molecular flexibility index (Phi) is 6.52. The van der Waals surface area contributed by atoms with E-state index in [2.05, 4.69) is 52.0 Å². The van der Waals surface area contributed by atoms with Crippen molar-refractivity contribution in [2.75, 3.05) is 13.1 Å². The number of aryl methyl sites for hydroxylation is 1. The van der Waals surface area contributed by atoms with Crippen LogP contribution in [0.1, 0.15) is 57.5 Å². The fraction of sp³-hybridized carbons (Fsp3) is 0.276. The van der Waals surface area contributed by atoms with Crippen LogP contribution in [0.25, 0.3) is 0 Å². The lowest BCUT2D eigenvalue weighted by molar-refractivity contribution is 0.0710. The highest BCUT2D eigenvalue weighted by Gasteiger charge is 2.26. The van der Waals surface area contributed by atoms with Crippen molar-refractivity contribution in [1.82, 2.24) is 19.4 Å². The van der Waals surface area contributed by atoms with Crippen molar-refractivity contribution in [2.45, 2.75) is 38.6 Å². The van der Waals surface area contributed by atoms with Crippen molar-refractivity contribution in [3.8, 4) is 0 Å². The smallest absolute Gasteiger partial charge is 0.254 e. The molecule has 0 bridgehead atoms. The van der Waals surface area contributed by atoms with E-state index in [0.717, 1.165) is 60.7 Å². The first-order chi connectivity index (χ1) is 16.7. The third-order valence-electron chi connectivity index (χ3n) is 6.77. The van der Waals surface area contributed by atoms with Crippen LogP contribution < -0.4 is 0 Å². The van der Waals surface area contributed by atoms with Gasteiger partial charge < -0.3 is 9.47 Å². The first-order valence-corrected chi connectivity index (χ1v) is 12.0. The van der Waals surface area contributed by atoms with E-state index in [1.54, 1.807) is 6.20 Å². The summed E-state index contributed by atoms with van der Waals surface area (Å²) < 4.78 is 2.08. The van der Waals surface area contributed by atoms with Crippen molar-refractivity contribution < 1.29 is 4.79 Å². The van der Waals surface area contributed by atoms with Crippen molar-refractivity contribution in [1.29, 1.82) is 0 Å². The Labute approximate surface area is 201 Å². The maximum absolute atomic E-state index is 13.4. The third-order valence-corrected chi connectivity index (χ3v) is 6.77. The molecule has 1 fully saturated rings. The molecule has 0 spiro atoms. The third kappa shape index (κ3) is 4.93. The predicted octanol–water partition coefficient (Wildman–Crippen LogP) is 5.25. The minimum atomic E-state index is 0.123. The molecule has 0 saturated carbocycles. The van der Waals surface area contributed by atoms with Gasteiger partial charge >= 0.3 is 0 Å². The lowest BCUT2D eigenvalue weighted by Crippen LogP contribution is -2.38. The lowest BCUT2D eigenvalue weighted by atomic mass is 9.92. The van der Waals surface area contributed by atoms with Crippen LogP contribution in [0.2, 0.25) is 0 Å². The van der Waals surface area contributed by atoms with E-state index in [1.807, 2.05) is 48.4 Å². The highest BCUT2D eigenvalue weighted by Crippen LogP contribution is 2.28. The maximum Gasteiger partial charge on any atom is 0.254 e. The number of carbonyl (C=O) groups is 1. The average Bonchev–Trinajstić information content (AvgIpc) is 3.29. The van der Waals surface area contributed by atoms with E-state index in [-0.39, 0.29) is 5.91 Å². The molecule has 1 aliphatic heterocycles. The number of hydrogen-bond acceptors (Lipinski definition) is 3. The Morgan fingerprint density at radius 2 is 1.71 bits per heavy atom. The van der Waals surface area contributed by atoms with Crippen molar-refractivity contribution >= 4 is 5.91 Å². The van der Waals surface area contributed by atoms with Crippen LogP contribution in [0.5, 0.6) is 0 Å². The molecule has 2 aromatic carbocycles. The summed E-state index contributed by atoms with van der Waals surface area (Å²) in [4.78, 5) is 24.7. The van der Waals surface area contributed by atoms with Crippen LogP contribution in [0.4, 0.5) is 0 Å². The van der Waals surface area contributed by atoms with Gasteiger partial charge in [-0.05, 0) is 49.1 Å². The first-order valence-electron chi connectivity index (χ1n) is 12.0. The van der Waals surface area contributed by atoms with Crippen LogP contribution in [0.3, 0.4) is 0 Å². The fourth-order valence-electron chi connectivity index (χ4n) is 4.80. The van der Waals surface area contributed by atoms with Gasteiger partial charge in [0.1, 0.15) is 5.82 Å². The molecule has 0 unspecified atom stereocenters. The molecular formula is C29H30N4O. The van der Waals surface area contributed by atoms with Gasteiger partial charge in [0.2, 0.25) is 0 Å². The van der Waals surface area contributed by atoms with Gasteiger partial charge in [-0.25, -0.2) is 4.98 Å². The van der Waals surface area contributed by atoms with Crippen LogP contribution >= 0.6 is 0 Å². The minimum Gasteiger partial charge on any atom is -0.339 e. The Morgan fingerprint density at radius 1 is 0.941 bits per heavy atom. The highest BCUT2D eigenvalue weighted by molar-refractivity contribution is 5.95. The molecule has 2 aromatic heterocycles. The number of pyridine rings is 1. The molecule has 0 radical (unpaired) electrons. The lowest BCUT2D eigenvalue weighted by Gasteiger charge is -2.32. The number of hydrogen-bond donors (Lipinski definition) is 0. The number of nitrogens with zero attached hydrogens (tertiary/aromatic N) is 4. The normalized spacial score (nSPS) is 14.3. The number of rotatable bonds is 6. The van der Waals surface area contributed by atoms with E-state index >= 15 is 0 Å². The van der Waals surface area contributed by atoms with Crippen molar-refractivity contribution in [2.24, 2.45) is 0 Å². The molecule has 0 atom stereocenters. The molecule has 4 aromatic rings. The second-order valence-corrected chi connectivity index (χ2v) is 9.04.